The third-order valence-electron chi connectivity index (χ3n) is 1.74. The summed E-state index contributed by atoms with van der Waals surface area (Å²) in [6.07, 6.45) is 0.762. The van der Waals surface area contributed by atoms with Crippen molar-refractivity contribution in [3.63, 3.8) is 0 Å². The number of halogens is 2. The Kier molecular flexibility index (Phi) is 2.93. The number of aromatic hydroxyl groups is 1. The molecule has 0 aliphatic carbocycles. The van der Waals surface area contributed by atoms with Gasteiger partial charge < -0.3 is 5.11 Å². The van der Waals surface area contributed by atoms with Crippen LogP contribution in [0, 0.1) is 5.82 Å². The second-order valence-electron chi connectivity index (χ2n) is 2.58. The van der Waals surface area contributed by atoms with Gasteiger partial charge in [0.15, 0.2) is 11.6 Å². The van der Waals surface area contributed by atoms with Crippen molar-refractivity contribution >= 4 is 11.6 Å². The van der Waals surface area contributed by atoms with Crippen molar-refractivity contribution in [1.29, 1.82) is 0 Å². The zero-order valence-electron chi connectivity index (χ0n) is 6.77. The topological polar surface area (TPSA) is 20.2 Å². The summed E-state index contributed by atoms with van der Waals surface area (Å²) in [4.78, 5) is 0. The fraction of sp³-hybridized carbons (Fsp3) is 0.333. The van der Waals surface area contributed by atoms with Crippen LogP contribution in [0.3, 0.4) is 0 Å². The van der Waals surface area contributed by atoms with Crippen molar-refractivity contribution < 1.29 is 9.50 Å². The van der Waals surface area contributed by atoms with Crippen LogP contribution in [-0.2, 0) is 12.3 Å². The molecule has 0 bridgehead atoms. The summed E-state index contributed by atoms with van der Waals surface area (Å²) < 4.78 is 13.0. The number of phenols is 1. The lowest BCUT2D eigenvalue weighted by molar-refractivity contribution is 0.429. The van der Waals surface area contributed by atoms with Crippen LogP contribution in [0.15, 0.2) is 12.1 Å². The second kappa shape index (κ2) is 3.76. The van der Waals surface area contributed by atoms with Gasteiger partial charge in [0.2, 0.25) is 0 Å². The molecule has 3 heteroatoms. The van der Waals surface area contributed by atoms with Crippen molar-refractivity contribution in [2.75, 3.05) is 0 Å². The molecule has 1 aromatic carbocycles. The van der Waals surface area contributed by atoms with Gasteiger partial charge in [-0.25, -0.2) is 4.39 Å². The summed E-state index contributed by atoms with van der Waals surface area (Å²) in [5.74, 6) is -0.833. The summed E-state index contributed by atoms with van der Waals surface area (Å²) in [7, 11) is 0. The Morgan fingerprint density at radius 3 is 2.67 bits per heavy atom. The van der Waals surface area contributed by atoms with Crippen LogP contribution in [0.4, 0.5) is 4.39 Å². The molecule has 66 valence electrons. The van der Waals surface area contributed by atoms with E-state index in [0.717, 1.165) is 12.0 Å². The molecular formula is C9H10ClFO. The molecule has 0 fully saturated rings. The van der Waals surface area contributed by atoms with E-state index in [1.54, 1.807) is 6.07 Å². The van der Waals surface area contributed by atoms with Crippen LogP contribution < -0.4 is 0 Å². The fourth-order valence-electron chi connectivity index (χ4n) is 1.03. The van der Waals surface area contributed by atoms with E-state index < -0.39 is 5.82 Å². The van der Waals surface area contributed by atoms with E-state index in [9.17, 15) is 4.39 Å². The zero-order valence-corrected chi connectivity index (χ0v) is 7.53. The summed E-state index contributed by atoms with van der Waals surface area (Å²) in [5, 5.41) is 9.11. The molecule has 0 aliphatic rings. The molecule has 0 radical (unpaired) electrons. The van der Waals surface area contributed by atoms with E-state index in [2.05, 4.69) is 0 Å². The fourth-order valence-corrected chi connectivity index (χ4v) is 1.23. The Hall–Kier alpha value is -0.760. The third kappa shape index (κ3) is 1.69. The van der Waals surface area contributed by atoms with Gasteiger partial charge in [-0.1, -0.05) is 13.0 Å². The van der Waals surface area contributed by atoms with Gasteiger partial charge in [0.05, 0.1) is 5.88 Å². The van der Waals surface area contributed by atoms with Crippen molar-refractivity contribution in [2.24, 2.45) is 0 Å². The lowest BCUT2D eigenvalue weighted by Gasteiger charge is -2.04. The SMILES string of the molecule is CCc1cc(O)c(F)c(CCl)c1. The highest BCUT2D eigenvalue weighted by Gasteiger charge is 2.07. The molecule has 0 amide bonds. The maximum absolute atomic E-state index is 13.0. The molecule has 12 heavy (non-hydrogen) atoms. The predicted molar refractivity (Wildman–Crippen MR) is 47.0 cm³/mol. The average Bonchev–Trinajstić information content (AvgIpc) is 2.09. The highest BCUT2D eigenvalue weighted by molar-refractivity contribution is 6.17. The summed E-state index contributed by atoms with van der Waals surface area (Å²) in [5.41, 5.74) is 1.25. The van der Waals surface area contributed by atoms with E-state index in [1.165, 1.54) is 6.07 Å². The van der Waals surface area contributed by atoms with Crippen LogP contribution in [0.5, 0.6) is 5.75 Å². The largest absolute Gasteiger partial charge is 0.505 e. The first-order chi connectivity index (χ1) is 5.69. The van der Waals surface area contributed by atoms with Gasteiger partial charge in [-0.05, 0) is 18.1 Å². The van der Waals surface area contributed by atoms with E-state index >= 15 is 0 Å². The number of rotatable bonds is 2. The number of aryl methyl sites for hydroxylation is 1. The molecule has 1 N–H and O–H groups in total. The molecule has 0 aromatic heterocycles. The van der Waals surface area contributed by atoms with Crippen molar-refractivity contribution in [1.82, 2.24) is 0 Å². The van der Waals surface area contributed by atoms with Crippen LogP contribution >= 0.6 is 11.6 Å². The van der Waals surface area contributed by atoms with Crippen LogP contribution in [0.25, 0.3) is 0 Å². The normalized spacial score (nSPS) is 10.2. The molecule has 1 rings (SSSR count). The maximum Gasteiger partial charge on any atom is 0.169 e. The maximum atomic E-state index is 13.0. The highest BCUT2D eigenvalue weighted by Crippen LogP contribution is 2.23. The molecular weight excluding hydrogens is 179 g/mol. The lowest BCUT2D eigenvalue weighted by atomic mass is 10.1. The van der Waals surface area contributed by atoms with Crippen molar-refractivity contribution in [2.45, 2.75) is 19.2 Å². The van der Waals surface area contributed by atoms with E-state index in [-0.39, 0.29) is 11.6 Å². The Morgan fingerprint density at radius 1 is 1.50 bits per heavy atom. The van der Waals surface area contributed by atoms with Crippen molar-refractivity contribution in [3.05, 3.63) is 29.1 Å². The number of phenolic OH excluding ortho intramolecular Hbond substituents is 1. The lowest BCUT2D eigenvalue weighted by Crippen LogP contribution is -1.90. The molecule has 0 heterocycles. The zero-order chi connectivity index (χ0) is 9.14. The van der Waals surface area contributed by atoms with Gasteiger partial charge in [0.25, 0.3) is 0 Å². The predicted octanol–water partition coefficient (Wildman–Crippen LogP) is 2.83. The van der Waals surface area contributed by atoms with E-state index in [0.29, 0.717) is 5.56 Å². The smallest absolute Gasteiger partial charge is 0.169 e. The molecule has 0 atom stereocenters. The minimum absolute atomic E-state index is 0.0905. The molecule has 0 aliphatic heterocycles. The summed E-state index contributed by atoms with van der Waals surface area (Å²) in [6, 6.07) is 3.09. The average molecular weight is 189 g/mol. The first-order valence-corrected chi connectivity index (χ1v) is 4.28. The molecule has 1 aromatic rings. The number of hydrogen-bond donors (Lipinski definition) is 1. The third-order valence-corrected chi connectivity index (χ3v) is 2.03. The van der Waals surface area contributed by atoms with Crippen molar-refractivity contribution in [3.8, 4) is 5.75 Å². The number of alkyl halides is 1. The van der Waals surface area contributed by atoms with Gasteiger partial charge in [0, 0.05) is 5.56 Å². The first kappa shape index (κ1) is 9.33. The summed E-state index contributed by atoms with van der Waals surface area (Å²) in [6.45, 7) is 1.94. The van der Waals surface area contributed by atoms with Crippen LogP contribution in [-0.4, -0.2) is 5.11 Å². The van der Waals surface area contributed by atoms with E-state index in [1.807, 2.05) is 6.92 Å². The Morgan fingerprint density at radius 2 is 2.17 bits per heavy atom. The molecule has 1 nitrogen and oxygen atoms in total. The van der Waals surface area contributed by atoms with Gasteiger partial charge in [-0.15, -0.1) is 11.6 Å². The Balaban J connectivity index is 3.19. The molecule has 0 unspecified atom stereocenters. The van der Waals surface area contributed by atoms with E-state index in [4.69, 9.17) is 16.7 Å². The minimum atomic E-state index is -0.609. The molecule has 0 saturated heterocycles. The Labute approximate surface area is 75.8 Å². The number of hydrogen-bond acceptors (Lipinski definition) is 1. The van der Waals surface area contributed by atoms with Gasteiger partial charge in [-0.3, -0.25) is 0 Å². The monoisotopic (exact) mass is 188 g/mol. The Bertz CT molecular complexity index is 286. The first-order valence-electron chi connectivity index (χ1n) is 3.75. The number of benzene rings is 1. The second-order valence-corrected chi connectivity index (χ2v) is 2.84. The quantitative estimate of drug-likeness (QED) is 0.708. The van der Waals surface area contributed by atoms with Crippen LogP contribution in [0.2, 0.25) is 0 Å². The highest BCUT2D eigenvalue weighted by atomic mass is 35.5. The molecule has 0 spiro atoms. The minimum Gasteiger partial charge on any atom is -0.505 e. The van der Waals surface area contributed by atoms with Crippen LogP contribution in [0.1, 0.15) is 18.1 Å². The van der Waals surface area contributed by atoms with Gasteiger partial charge >= 0.3 is 0 Å². The van der Waals surface area contributed by atoms with Gasteiger partial charge in [0.1, 0.15) is 0 Å². The van der Waals surface area contributed by atoms with Gasteiger partial charge in [-0.2, -0.15) is 0 Å². The standard InChI is InChI=1S/C9H10ClFO/c1-2-6-3-7(5-10)9(11)8(12)4-6/h3-4,12H,2,5H2,1H3. The molecule has 0 saturated carbocycles. The summed E-state index contributed by atoms with van der Waals surface area (Å²) >= 11 is 5.48.